The Morgan fingerprint density at radius 3 is 2.22 bits per heavy atom. The van der Waals surface area contributed by atoms with Gasteiger partial charge in [0.1, 0.15) is 0 Å². The predicted molar refractivity (Wildman–Crippen MR) is 43.5 cm³/mol. The van der Waals surface area contributed by atoms with Crippen LogP contribution in [-0.4, -0.2) is 0 Å². The minimum absolute atomic E-state index is 0.933. The molecule has 0 aromatic heterocycles. The van der Waals surface area contributed by atoms with E-state index in [1.807, 2.05) is 6.08 Å². The zero-order chi connectivity index (χ0) is 7.11. The summed E-state index contributed by atoms with van der Waals surface area (Å²) in [6.45, 7) is 8.22. The van der Waals surface area contributed by atoms with Gasteiger partial charge >= 0.3 is 0 Å². The molecule has 0 amide bonds. The van der Waals surface area contributed by atoms with E-state index in [2.05, 4.69) is 20.4 Å². The number of allylic oxidation sites excluding steroid dienone is 1. The topological polar surface area (TPSA) is 0 Å². The van der Waals surface area contributed by atoms with Gasteiger partial charge in [0.2, 0.25) is 0 Å². The Bertz CT molecular complexity index is 60.4. The van der Waals surface area contributed by atoms with Gasteiger partial charge in [-0.3, -0.25) is 0 Å². The maximum Gasteiger partial charge on any atom is -0.0351 e. The Morgan fingerprint density at radius 1 is 1.33 bits per heavy atom. The van der Waals surface area contributed by atoms with Crippen LogP contribution in [0.2, 0.25) is 0 Å². The maximum absolute atomic E-state index is 3.70. The Balaban J connectivity index is 3.19. The van der Waals surface area contributed by atoms with Crippen molar-refractivity contribution in [3.8, 4) is 0 Å². The van der Waals surface area contributed by atoms with E-state index in [4.69, 9.17) is 0 Å². The molecular formula is C9H18. The van der Waals surface area contributed by atoms with E-state index in [0.717, 1.165) is 5.92 Å². The minimum Gasteiger partial charge on any atom is -0.103 e. The van der Waals surface area contributed by atoms with Crippen LogP contribution in [0.25, 0.3) is 0 Å². The Morgan fingerprint density at radius 2 is 1.89 bits per heavy atom. The summed E-state index contributed by atoms with van der Waals surface area (Å²) < 4.78 is 0. The van der Waals surface area contributed by atoms with Gasteiger partial charge in [0.05, 0.1) is 0 Å². The zero-order valence-electron chi connectivity index (χ0n) is 6.69. The van der Waals surface area contributed by atoms with Crippen molar-refractivity contribution in [2.45, 2.75) is 39.5 Å². The highest BCUT2D eigenvalue weighted by atomic mass is 14.0. The van der Waals surface area contributed by atoms with Crippen molar-refractivity contribution in [3.63, 3.8) is 0 Å². The van der Waals surface area contributed by atoms with Crippen LogP contribution in [0.3, 0.4) is 0 Å². The van der Waals surface area contributed by atoms with E-state index >= 15 is 0 Å². The van der Waals surface area contributed by atoms with Gasteiger partial charge in [-0.1, -0.05) is 32.8 Å². The summed E-state index contributed by atoms with van der Waals surface area (Å²) >= 11 is 0. The third-order valence-corrected chi connectivity index (χ3v) is 1.93. The molecule has 0 aliphatic heterocycles. The second kappa shape index (κ2) is 5.87. The minimum atomic E-state index is 0.933. The van der Waals surface area contributed by atoms with E-state index in [0.29, 0.717) is 0 Å². The first-order chi connectivity index (χ1) is 4.35. The van der Waals surface area contributed by atoms with Crippen molar-refractivity contribution in [2.24, 2.45) is 5.92 Å². The molecule has 0 rings (SSSR count). The van der Waals surface area contributed by atoms with Crippen molar-refractivity contribution in [1.82, 2.24) is 0 Å². The second-order valence-corrected chi connectivity index (χ2v) is 2.55. The van der Waals surface area contributed by atoms with Gasteiger partial charge in [0.25, 0.3) is 0 Å². The van der Waals surface area contributed by atoms with Crippen LogP contribution < -0.4 is 0 Å². The van der Waals surface area contributed by atoms with Crippen molar-refractivity contribution in [3.05, 3.63) is 12.7 Å². The molecule has 0 saturated carbocycles. The summed E-state index contributed by atoms with van der Waals surface area (Å²) in [7, 11) is 0. The second-order valence-electron chi connectivity index (χ2n) is 2.55. The lowest BCUT2D eigenvalue weighted by molar-refractivity contribution is 0.460. The average Bonchev–Trinajstić information content (AvgIpc) is 1.91. The van der Waals surface area contributed by atoms with Gasteiger partial charge in [-0.05, 0) is 18.8 Å². The molecule has 0 spiro atoms. The van der Waals surface area contributed by atoms with Crippen LogP contribution in [-0.2, 0) is 0 Å². The van der Waals surface area contributed by atoms with E-state index in [-0.39, 0.29) is 0 Å². The molecule has 54 valence electrons. The highest BCUT2D eigenvalue weighted by molar-refractivity contribution is 4.68. The third-order valence-electron chi connectivity index (χ3n) is 1.93. The molecule has 0 nitrogen and oxygen atoms in total. The molecule has 0 bridgehead atoms. The number of hydrogen-bond donors (Lipinski definition) is 0. The Labute approximate surface area is 59.0 Å². The first kappa shape index (κ1) is 8.74. The fraction of sp³-hybridized carbons (Fsp3) is 0.778. The zero-order valence-corrected chi connectivity index (χ0v) is 6.69. The summed E-state index contributed by atoms with van der Waals surface area (Å²) in [5.74, 6) is 0.933. The summed E-state index contributed by atoms with van der Waals surface area (Å²) in [5, 5.41) is 0. The van der Waals surface area contributed by atoms with Gasteiger partial charge in [-0.2, -0.15) is 0 Å². The first-order valence-electron chi connectivity index (χ1n) is 3.96. The fourth-order valence-electron chi connectivity index (χ4n) is 1.05. The summed E-state index contributed by atoms with van der Waals surface area (Å²) in [4.78, 5) is 0. The van der Waals surface area contributed by atoms with E-state index in [1.54, 1.807) is 0 Å². The standard InChI is InChI=1S/C9H18/c1-4-7-8-9(5-2)6-3/h4,9H,1,5-8H2,2-3H3. The third kappa shape index (κ3) is 4.26. The molecule has 0 unspecified atom stereocenters. The maximum atomic E-state index is 3.70. The Kier molecular flexibility index (Phi) is 5.70. The van der Waals surface area contributed by atoms with Crippen LogP contribution in [0, 0.1) is 5.92 Å². The lowest BCUT2D eigenvalue weighted by Gasteiger charge is -2.08. The molecule has 0 heteroatoms. The molecule has 0 aliphatic rings. The van der Waals surface area contributed by atoms with Gasteiger partial charge in [0, 0.05) is 0 Å². The van der Waals surface area contributed by atoms with Crippen LogP contribution in [0.15, 0.2) is 12.7 Å². The smallest absolute Gasteiger partial charge is 0.0351 e. The number of hydrogen-bond acceptors (Lipinski definition) is 0. The van der Waals surface area contributed by atoms with E-state index < -0.39 is 0 Å². The lowest BCUT2D eigenvalue weighted by atomic mass is 9.98. The lowest BCUT2D eigenvalue weighted by Crippen LogP contribution is -1.94. The highest BCUT2D eigenvalue weighted by Crippen LogP contribution is 2.14. The Hall–Kier alpha value is -0.260. The molecular weight excluding hydrogens is 108 g/mol. The molecule has 0 radical (unpaired) electrons. The van der Waals surface area contributed by atoms with E-state index in [9.17, 15) is 0 Å². The molecule has 0 aromatic carbocycles. The predicted octanol–water partition coefficient (Wildman–Crippen LogP) is 3.39. The molecule has 0 aromatic rings. The van der Waals surface area contributed by atoms with Crippen molar-refractivity contribution in [2.75, 3.05) is 0 Å². The van der Waals surface area contributed by atoms with E-state index in [1.165, 1.54) is 25.7 Å². The quantitative estimate of drug-likeness (QED) is 0.495. The highest BCUT2D eigenvalue weighted by Gasteiger charge is 1.99. The van der Waals surface area contributed by atoms with Gasteiger partial charge in [-0.15, -0.1) is 6.58 Å². The van der Waals surface area contributed by atoms with Gasteiger partial charge in [-0.25, -0.2) is 0 Å². The molecule has 0 aliphatic carbocycles. The molecule has 0 heterocycles. The van der Waals surface area contributed by atoms with Crippen LogP contribution >= 0.6 is 0 Å². The summed E-state index contributed by atoms with van der Waals surface area (Å²) in [5.41, 5.74) is 0. The molecule has 0 atom stereocenters. The first-order valence-corrected chi connectivity index (χ1v) is 3.96. The molecule has 9 heavy (non-hydrogen) atoms. The molecule has 0 fully saturated rings. The van der Waals surface area contributed by atoms with Crippen molar-refractivity contribution in [1.29, 1.82) is 0 Å². The van der Waals surface area contributed by atoms with Crippen molar-refractivity contribution < 1.29 is 0 Å². The normalized spacial score (nSPS) is 10.1. The number of rotatable bonds is 5. The summed E-state index contributed by atoms with van der Waals surface area (Å²) in [6.07, 6.45) is 7.18. The fourth-order valence-corrected chi connectivity index (χ4v) is 1.05. The van der Waals surface area contributed by atoms with Crippen LogP contribution in [0.5, 0.6) is 0 Å². The molecule has 0 saturated heterocycles. The van der Waals surface area contributed by atoms with Crippen LogP contribution in [0.1, 0.15) is 39.5 Å². The summed E-state index contributed by atoms with van der Waals surface area (Å²) in [6, 6.07) is 0. The van der Waals surface area contributed by atoms with Crippen LogP contribution in [0.4, 0.5) is 0 Å². The SMILES string of the molecule is C=CCCC(CC)CC. The molecule has 0 N–H and O–H groups in total. The van der Waals surface area contributed by atoms with Crippen molar-refractivity contribution >= 4 is 0 Å². The average molecular weight is 126 g/mol. The van der Waals surface area contributed by atoms with Gasteiger partial charge in [0.15, 0.2) is 0 Å². The monoisotopic (exact) mass is 126 g/mol. The largest absolute Gasteiger partial charge is 0.103 e. The van der Waals surface area contributed by atoms with Gasteiger partial charge < -0.3 is 0 Å².